The number of fused-ring (bicyclic) bond motifs is 2. The van der Waals surface area contributed by atoms with Crippen LogP contribution in [-0.4, -0.2) is 4.57 Å². The average Bonchev–Trinajstić information content (AvgIpc) is 2.86. The van der Waals surface area contributed by atoms with Crippen molar-refractivity contribution in [1.29, 1.82) is 0 Å². The van der Waals surface area contributed by atoms with Crippen LogP contribution in [0.15, 0.2) is 23.1 Å². The molecular formula is C14H19NO. The van der Waals surface area contributed by atoms with E-state index in [-0.39, 0.29) is 5.56 Å². The predicted molar refractivity (Wildman–Crippen MR) is 64.4 cm³/mol. The second-order valence-corrected chi connectivity index (χ2v) is 5.58. The number of rotatable bonds is 2. The average molecular weight is 217 g/mol. The lowest BCUT2D eigenvalue weighted by molar-refractivity contribution is 0.292. The van der Waals surface area contributed by atoms with Gasteiger partial charge in [-0.15, -0.1) is 0 Å². The van der Waals surface area contributed by atoms with Gasteiger partial charge in [0.2, 0.25) is 0 Å². The molecule has 86 valence electrons. The Balaban J connectivity index is 1.80. The van der Waals surface area contributed by atoms with E-state index in [1.807, 2.05) is 29.8 Å². The Hall–Kier alpha value is -1.05. The summed E-state index contributed by atoms with van der Waals surface area (Å²) in [6.45, 7) is 2.85. The standard InChI is InChI=1S/C14H19NO/c1-10-3-2-6-15(14(10)16)9-13-8-11-4-5-12(13)7-11/h2-3,6,11-13H,4-5,7-9H2,1H3. The van der Waals surface area contributed by atoms with E-state index in [4.69, 9.17) is 0 Å². The minimum Gasteiger partial charge on any atom is -0.315 e. The zero-order valence-corrected chi connectivity index (χ0v) is 9.86. The summed E-state index contributed by atoms with van der Waals surface area (Å²) in [7, 11) is 0. The van der Waals surface area contributed by atoms with Crippen LogP contribution < -0.4 is 5.56 Å². The summed E-state index contributed by atoms with van der Waals surface area (Å²) in [5.41, 5.74) is 1.07. The summed E-state index contributed by atoms with van der Waals surface area (Å²) >= 11 is 0. The largest absolute Gasteiger partial charge is 0.315 e. The van der Waals surface area contributed by atoms with Crippen LogP contribution in [0.2, 0.25) is 0 Å². The fourth-order valence-electron chi connectivity index (χ4n) is 3.65. The third-order valence-electron chi connectivity index (χ3n) is 4.53. The first-order valence-corrected chi connectivity index (χ1v) is 6.40. The molecule has 2 fully saturated rings. The zero-order valence-electron chi connectivity index (χ0n) is 9.86. The van der Waals surface area contributed by atoms with Crippen molar-refractivity contribution in [3.63, 3.8) is 0 Å². The number of aromatic nitrogens is 1. The SMILES string of the molecule is Cc1cccn(CC2CC3CCC2C3)c1=O. The summed E-state index contributed by atoms with van der Waals surface area (Å²) in [4.78, 5) is 11.9. The molecule has 2 aliphatic carbocycles. The Bertz CT molecular complexity index is 448. The minimum atomic E-state index is 0.199. The first kappa shape index (κ1) is 10.1. The normalized spacial score (nSPS) is 32.2. The van der Waals surface area contributed by atoms with Crippen LogP contribution in [0.25, 0.3) is 0 Å². The summed E-state index contributed by atoms with van der Waals surface area (Å²) < 4.78 is 1.92. The smallest absolute Gasteiger partial charge is 0.253 e. The van der Waals surface area contributed by atoms with E-state index in [1.165, 1.54) is 25.7 Å². The Morgan fingerprint density at radius 2 is 2.25 bits per heavy atom. The van der Waals surface area contributed by atoms with Gasteiger partial charge in [0.15, 0.2) is 0 Å². The molecule has 1 heterocycles. The molecule has 1 aromatic rings. The van der Waals surface area contributed by atoms with E-state index in [0.717, 1.165) is 29.9 Å². The number of nitrogens with zero attached hydrogens (tertiary/aromatic N) is 1. The van der Waals surface area contributed by atoms with E-state index in [0.29, 0.717) is 0 Å². The second-order valence-electron chi connectivity index (χ2n) is 5.58. The third-order valence-corrected chi connectivity index (χ3v) is 4.53. The van der Waals surface area contributed by atoms with Gasteiger partial charge in [-0.25, -0.2) is 0 Å². The highest BCUT2D eigenvalue weighted by Crippen LogP contribution is 2.48. The van der Waals surface area contributed by atoms with E-state index in [9.17, 15) is 4.79 Å². The molecule has 0 saturated heterocycles. The second kappa shape index (κ2) is 3.76. The van der Waals surface area contributed by atoms with Crippen molar-refractivity contribution in [3.05, 3.63) is 34.2 Å². The molecule has 2 nitrogen and oxygen atoms in total. The Morgan fingerprint density at radius 1 is 1.38 bits per heavy atom. The number of pyridine rings is 1. The Labute approximate surface area is 96.3 Å². The zero-order chi connectivity index (χ0) is 11.1. The van der Waals surface area contributed by atoms with E-state index in [1.54, 1.807) is 0 Å². The molecule has 2 bridgehead atoms. The lowest BCUT2D eigenvalue weighted by Gasteiger charge is -2.22. The van der Waals surface area contributed by atoms with Crippen LogP contribution >= 0.6 is 0 Å². The van der Waals surface area contributed by atoms with Gasteiger partial charge in [0.05, 0.1) is 0 Å². The lowest BCUT2D eigenvalue weighted by Crippen LogP contribution is -2.27. The molecular weight excluding hydrogens is 198 g/mol. The molecule has 3 atom stereocenters. The molecule has 2 saturated carbocycles. The van der Waals surface area contributed by atoms with Gasteiger partial charge in [0.1, 0.15) is 0 Å². The minimum absolute atomic E-state index is 0.199. The molecule has 0 aliphatic heterocycles. The monoisotopic (exact) mass is 217 g/mol. The van der Waals surface area contributed by atoms with Crippen molar-refractivity contribution in [2.75, 3.05) is 0 Å². The van der Waals surface area contributed by atoms with Gasteiger partial charge in [-0.3, -0.25) is 4.79 Å². The number of hydrogen-bond donors (Lipinski definition) is 0. The Kier molecular flexibility index (Phi) is 2.38. The van der Waals surface area contributed by atoms with Gasteiger partial charge in [-0.1, -0.05) is 12.5 Å². The fourth-order valence-corrected chi connectivity index (χ4v) is 3.65. The van der Waals surface area contributed by atoms with Crippen molar-refractivity contribution in [3.8, 4) is 0 Å². The van der Waals surface area contributed by atoms with Crippen LogP contribution in [0.4, 0.5) is 0 Å². The topological polar surface area (TPSA) is 22.0 Å². The van der Waals surface area contributed by atoms with Crippen LogP contribution in [0, 0.1) is 24.7 Å². The molecule has 16 heavy (non-hydrogen) atoms. The van der Waals surface area contributed by atoms with Crippen molar-refractivity contribution in [1.82, 2.24) is 4.57 Å². The van der Waals surface area contributed by atoms with Crippen molar-refractivity contribution in [2.45, 2.75) is 39.2 Å². The maximum Gasteiger partial charge on any atom is 0.253 e. The van der Waals surface area contributed by atoms with Gasteiger partial charge in [-0.05, 0) is 50.0 Å². The van der Waals surface area contributed by atoms with Crippen LogP contribution in [0.1, 0.15) is 31.2 Å². The fraction of sp³-hybridized carbons (Fsp3) is 0.643. The first-order valence-electron chi connectivity index (χ1n) is 6.40. The number of aryl methyl sites for hydroxylation is 1. The maximum absolute atomic E-state index is 11.9. The quantitative estimate of drug-likeness (QED) is 0.746. The predicted octanol–water partition coefficient (Wildman–Crippen LogP) is 2.59. The summed E-state index contributed by atoms with van der Waals surface area (Å²) in [6.07, 6.45) is 7.55. The summed E-state index contributed by atoms with van der Waals surface area (Å²) in [5, 5.41) is 0. The van der Waals surface area contributed by atoms with E-state index >= 15 is 0 Å². The molecule has 0 radical (unpaired) electrons. The van der Waals surface area contributed by atoms with Gasteiger partial charge < -0.3 is 4.57 Å². The lowest BCUT2D eigenvalue weighted by atomic mass is 9.89. The van der Waals surface area contributed by atoms with Crippen LogP contribution in [-0.2, 0) is 6.54 Å². The summed E-state index contributed by atoms with van der Waals surface area (Å²) in [5.74, 6) is 2.63. The third kappa shape index (κ3) is 1.60. The van der Waals surface area contributed by atoms with Crippen LogP contribution in [0.5, 0.6) is 0 Å². The van der Waals surface area contributed by atoms with Gasteiger partial charge in [0, 0.05) is 18.3 Å². The molecule has 0 aromatic carbocycles. The first-order chi connectivity index (χ1) is 7.74. The molecule has 0 amide bonds. The molecule has 0 N–H and O–H groups in total. The van der Waals surface area contributed by atoms with Crippen LogP contribution in [0.3, 0.4) is 0 Å². The summed E-state index contributed by atoms with van der Waals surface area (Å²) in [6, 6.07) is 3.89. The number of hydrogen-bond acceptors (Lipinski definition) is 1. The van der Waals surface area contributed by atoms with E-state index in [2.05, 4.69) is 0 Å². The van der Waals surface area contributed by atoms with Crippen molar-refractivity contribution < 1.29 is 0 Å². The molecule has 3 rings (SSSR count). The molecule has 3 unspecified atom stereocenters. The van der Waals surface area contributed by atoms with Crippen molar-refractivity contribution in [2.24, 2.45) is 17.8 Å². The molecule has 2 heteroatoms. The highest BCUT2D eigenvalue weighted by molar-refractivity contribution is 5.07. The molecule has 0 spiro atoms. The van der Waals surface area contributed by atoms with Crippen molar-refractivity contribution >= 4 is 0 Å². The van der Waals surface area contributed by atoms with Gasteiger partial charge >= 0.3 is 0 Å². The molecule has 1 aromatic heterocycles. The van der Waals surface area contributed by atoms with Gasteiger partial charge in [0.25, 0.3) is 5.56 Å². The highest BCUT2D eigenvalue weighted by atomic mass is 16.1. The highest BCUT2D eigenvalue weighted by Gasteiger charge is 2.39. The Morgan fingerprint density at radius 3 is 2.94 bits per heavy atom. The van der Waals surface area contributed by atoms with E-state index < -0.39 is 0 Å². The molecule has 2 aliphatic rings. The van der Waals surface area contributed by atoms with Gasteiger partial charge in [-0.2, -0.15) is 0 Å². The maximum atomic E-state index is 11.9.